The number of aromatic nitrogens is 2. The fourth-order valence-electron chi connectivity index (χ4n) is 2.36. The number of benzene rings is 1. The van der Waals surface area contributed by atoms with E-state index in [1.54, 1.807) is 0 Å². The van der Waals surface area contributed by atoms with Crippen molar-refractivity contribution >= 4 is 0 Å². The second-order valence-electron chi connectivity index (χ2n) is 5.14. The molecule has 21 heavy (non-hydrogen) atoms. The molecule has 0 bridgehead atoms. The number of nitrogens with one attached hydrogen (secondary N) is 1. The minimum absolute atomic E-state index is 0.831. The minimum atomic E-state index is 0.831. The number of hydrogen-bond donors (Lipinski definition) is 1. The van der Waals surface area contributed by atoms with Crippen LogP contribution in [0.5, 0.6) is 0 Å². The maximum Gasteiger partial charge on any atom is 0.0766 e. The van der Waals surface area contributed by atoms with Gasteiger partial charge >= 0.3 is 0 Å². The van der Waals surface area contributed by atoms with Crippen molar-refractivity contribution in [2.24, 2.45) is 0 Å². The Morgan fingerprint density at radius 2 is 1.86 bits per heavy atom. The maximum absolute atomic E-state index is 4.59. The first-order valence-corrected chi connectivity index (χ1v) is 7.86. The lowest BCUT2D eigenvalue weighted by molar-refractivity contribution is 0.298. The van der Waals surface area contributed by atoms with E-state index < -0.39 is 0 Å². The van der Waals surface area contributed by atoms with Gasteiger partial charge in [0.25, 0.3) is 0 Å². The molecule has 2 aromatic rings. The number of rotatable bonds is 9. The zero-order chi connectivity index (χ0) is 14.9. The SMILES string of the molecule is CCN(CC)CCCNCc1ccn(-c2ccccc2)n1. The Hall–Kier alpha value is -1.65. The quantitative estimate of drug-likeness (QED) is 0.720. The molecule has 0 amide bonds. The van der Waals surface area contributed by atoms with Gasteiger partial charge in [-0.1, -0.05) is 32.0 Å². The summed E-state index contributed by atoms with van der Waals surface area (Å²) in [6.45, 7) is 9.74. The summed E-state index contributed by atoms with van der Waals surface area (Å²) in [5.41, 5.74) is 2.19. The van der Waals surface area contributed by atoms with Gasteiger partial charge in [0.2, 0.25) is 0 Å². The van der Waals surface area contributed by atoms with E-state index >= 15 is 0 Å². The van der Waals surface area contributed by atoms with Crippen LogP contribution in [0.15, 0.2) is 42.6 Å². The van der Waals surface area contributed by atoms with Crippen molar-refractivity contribution in [3.05, 3.63) is 48.3 Å². The van der Waals surface area contributed by atoms with Gasteiger partial charge in [-0.2, -0.15) is 5.10 Å². The molecular formula is C17H26N4. The molecule has 0 atom stereocenters. The predicted molar refractivity (Wildman–Crippen MR) is 87.7 cm³/mol. The van der Waals surface area contributed by atoms with Gasteiger partial charge in [-0.05, 0) is 50.8 Å². The lowest BCUT2D eigenvalue weighted by Crippen LogP contribution is -2.27. The average molecular weight is 286 g/mol. The summed E-state index contributed by atoms with van der Waals surface area (Å²) in [4.78, 5) is 2.45. The predicted octanol–water partition coefficient (Wildman–Crippen LogP) is 2.69. The van der Waals surface area contributed by atoms with Gasteiger partial charge in [0.1, 0.15) is 0 Å². The van der Waals surface area contributed by atoms with Gasteiger partial charge in [0.05, 0.1) is 11.4 Å². The van der Waals surface area contributed by atoms with E-state index in [0.29, 0.717) is 0 Å². The van der Waals surface area contributed by atoms with Crippen LogP contribution in [-0.4, -0.2) is 40.9 Å². The first-order chi connectivity index (χ1) is 10.3. The molecule has 0 aliphatic carbocycles. The topological polar surface area (TPSA) is 33.1 Å². The van der Waals surface area contributed by atoms with Crippen molar-refractivity contribution in [3.8, 4) is 5.69 Å². The Labute approximate surface area is 127 Å². The van der Waals surface area contributed by atoms with Crippen LogP contribution < -0.4 is 5.32 Å². The molecule has 0 aliphatic rings. The van der Waals surface area contributed by atoms with Crippen LogP contribution in [0.2, 0.25) is 0 Å². The molecule has 0 fully saturated rings. The Morgan fingerprint density at radius 3 is 2.57 bits per heavy atom. The molecule has 0 unspecified atom stereocenters. The second-order valence-corrected chi connectivity index (χ2v) is 5.14. The van der Waals surface area contributed by atoms with Crippen LogP contribution in [0.1, 0.15) is 26.0 Å². The van der Waals surface area contributed by atoms with Gasteiger partial charge in [0.15, 0.2) is 0 Å². The van der Waals surface area contributed by atoms with Crippen LogP contribution in [0.25, 0.3) is 5.69 Å². The summed E-state index contributed by atoms with van der Waals surface area (Å²) in [7, 11) is 0. The largest absolute Gasteiger partial charge is 0.311 e. The van der Waals surface area contributed by atoms with E-state index in [1.165, 1.54) is 13.0 Å². The molecule has 4 nitrogen and oxygen atoms in total. The van der Waals surface area contributed by atoms with Crippen LogP contribution in [0, 0.1) is 0 Å². The fraction of sp³-hybridized carbons (Fsp3) is 0.471. The molecule has 1 aromatic heterocycles. The smallest absolute Gasteiger partial charge is 0.0766 e. The highest BCUT2D eigenvalue weighted by Crippen LogP contribution is 2.06. The van der Waals surface area contributed by atoms with Crippen molar-refractivity contribution in [1.82, 2.24) is 20.0 Å². The lowest BCUT2D eigenvalue weighted by atomic mass is 10.3. The zero-order valence-electron chi connectivity index (χ0n) is 13.1. The molecule has 1 aromatic carbocycles. The van der Waals surface area contributed by atoms with Crippen molar-refractivity contribution in [2.45, 2.75) is 26.8 Å². The molecule has 1 N–H and O–H groups in total. The van der Waals surface area contributed by atoms with Crippen LogP contribution >= 0.6 is 0 Å². The van der Waals surface area contributed by atoms with E-state index in [0.717, 1.165) is 37.6 Å². The van der Waals surface area contributed by atoms with Crippen LogP contribution in [0.3, 0.4) is 0 Å². The van der Waals surface area contributed by atoms with Crippen LogP contribution in [-0.2, 0) is 6.54 Å². The van der Waals surface area contributed by atoms with Crippen molar-refractivity contribution in [2.75, 3.05) is 26.2 Å². The standard InChI is InChI=1S/C17H26N4/c1-3-20(4-2)13-8-12-18-15-16-11-14-21(19-16)17-9-6-5-7-10-17/h5-7,9-11,14,18H,3-4,8,12-13,15H2,1-2H3. The van der Waals surface area contributed by atoms with Gasteiger partial charge < -0.3 is 10.2 Å². The number of para-hydroxylation sites is 1. The first-order valence-electron chi connectivity index (χ1n) is 7.86. The Bertz CT molecular complexity index is 503. The van der Waals surface area contributed by atoms with Gasteiger partial charge in [-0.25, -0.2) is 4.68 Å². The highest BCUT2D eigenvalue weighted by molar-refractivity contribution is 5.30. The number of nitrogens with zero attached hydrogens (tertiary/aromatic N) is 3. The Kier molecular flexibility index (Phi) is 6.44. The summed E-state index contributed by atoms with van der Waals surface area (Å²) in [6.07, 6.45) is 3.20. The molecule has 0 spiro atoms. The van der Waals surface area contributed by atoms with E-state index in [9.17, 15) is 0 Å². The monoisotopic (exact) mass is 286 g/mol. The summed E-state index contributed by atoms with van der Waals surface area (Å²) in [5.74, 6) is 0. The fourth-order valence-corrected chi connectivity index (χ4v) is 2.36. The van der Waals surface area contributed by atoms with Crippen molar-refractivity contribution in [3.63, 3.8) is 0 Å². The molecule has 114 valence electrons. The third-order valence-corrected chi connectivity index (χ3v) is 3.69. The highest BCUT2D eigenvalue weighted by Gasteiger charge is 2.01. The normalized spacial score (nSPS) is 11.2. The molecule has 0 aliphatic heterocycles. The molecule has 4 heteroatoms. The van der Waals surface area contributed by atoms with E-state index in [1.807, 2.05) is 29.1 Å². The van der Waals surface area contributed by atoms with Crippen LogP contribution in [0.4, 0.5) is 0 Å². The van der Waals surface area contributed by atoms with Crippen molar-refractivity contribution in [1.29, 1.82) is 0 Å². The summed E-state index contributed by atoms with van der Waals surface area (Å²) in [5, 5.41) is 8.06. The Morgan fingerprint density at radius 1 is 1.10 bits per heavy atom. The van der Waals surface area contributed by atoms with E-state index in [2.05, 4.69) is 47.4 Å². The summed E-state index contributed by atoms with van der Waals surface area (Å²) in [6, 6.07) is 12.3. The third kappa shape index (κ3) is 4.99. The molecule has 0 radical (unpaired) electrons. The van der Waals surface area contributed by atoms with Gasteiger partial charge in [-0.3, -0.25) is 0 Å². The molecular weight excluding hydrogens is 260 g/mol. The van der Waals surface area contributed by atoms with Crippen molar-refractivity contribution < 1.29 is 0 Å². The Balaban J connectivity index is 1.71. The third-order valence-electron chi connectivity index (χ3n) is 3.69. The highest BCUT2D eigenvalue weighted by atomic mass is 15.3. The first kappa shape index (κ1) is 15.7. The molecule has 0 saturated heterocycles. The molecule has 1 heterocycles. The minimum Gasteiger partial charge on any atom is -0.311 e. The molecule has 2 rings (SSSR count). The van der Waals surface area contributed by atoms with E-state index in [4.69, 9.17) is 0 Å². The van der Waals surface area contributed by atoms with Gasteiger partial charge in [0, 0.05) is 12.7 Å². The average Bonchev–Trinajstić information content (AvgIpc) is 3.01. The lowest BCUT2D eigenvalue weighted by Gasteiger charge is -2.17. The zero-order valence-corrected chi connectivity index (χ0v) is 13.1. The molecule has 0 saturated carbocycles. The summed E-state index contributed by atoms with van der Waals surface area (Å²) >= 11 is 0. The van der Waals surface area contributed by atoms with Gasteiger partial charge in [-0.15, -0.1) is 0 Å². The second kappa shape index (κ2) is 8.60. The summed E-state index contributed by atoms with van der Waals surface area (Å²) < 4.78 is 1.92. The van der Waals surface area contributed by atoms with E-state index in [-0.39, 0.29) is 0 Å². The maximum atomic E-state index is 4.59. The number of hydrogen-bond acceptors (Lipinski definition) is 3.